The average Bonchev–Trinajstić information content (AvgIpc) is 2.15. The molecule has 16 heavy (non-hydrogen) atoms. The van der Waals surface area contributed by atoms with E-state index in [9.17, 15) is 4.79 Å². The van der Waals surface area contributed by atoms with Gasteiger partial charge in [0.15, 0.2) is 0 Å². The summed E-state index contributed by atoms with van der Waals surface area (Å²) in [6.45, 7) is 14.5. The highest BCUT2D eigenvalue weighted by atomic mass is 16.1. The lowest BCUT2D eigenvalue weighted by atomic mass is 9.81. The molecule has 0 aliphatic rings. The minimum Gasteiger partial charge on any atom is -0.356 e. The summed E-state index contributed by atoms with van der Waals surface area (Å²) in [5, 5.41) is 6.25. The summed E-state index contributed by atoms with van der Waals surface area (Å²) in [4.78, 5) is 11.6. The fourth-order valence-corrected chi connectivity index (χ4v) is 1.30. The number of amides is 1. The van der Waals surface area contributed by atoms with Gasteiger partial charge in [0.25, 0.3) is 0 Å². The van der Waals surface area contributed by atoms with Crippen LogP contribution in [-0.2, 0) is 4.79 Å². The molecule has 0 aromatic rings. The van der Waals surface area contributed by atoms with Gasteiger partial charge in [-0.05, 0) is 24.8 Å². The van der Waals surface area contributed by atoms with Crippen molar-refractivity contribution < 1.29 is 4.79 Å². The maximum absolute atomic E-state index is 11.6. The van der Waals surface area contributed by atoms with Crippen molar-refractivity contribution in [1.82, 2.24) is 10.6 Å². The van der Waals surface area contributed by atoms with Gasteiger partial charge < -0.3 is 10.6 Å². The molecule has 0 fully saturated rings. The fourth-order valence-electron chi connectivity index (χ4n) is 1.30. The van der Waals surface area contributed by atoms with Gasteiger partial charge in [-0.2, -0.15) is 0 Å². The van der Waals surface area contributed by atoms with Gasteiger partial charge in [-0.15, -0.1) is 0 Å². The maximum atomic E-state index is 11.6. The number of nitrogens with one attached hydrogen (secondary N) is 2. The molecule has 3 nitrogen and oxygen atoms in total. The molecule has 0 aliphatic heterocycles. The summed E-state index contributed by atoms with van der Waals surface area (Å²) in [6, 6.07) is 0.257. The second-order valence-electron chi connectivity index (χ2n) is 5.58. The van der Waals surface area contributed by atoms with Crippen LogP contribution in [0.3, 0.4) is 0 Å². The Labute approximate surface area is 100 Å². The quantitative estimate of drug-likeness (QED) is 0.701. The third kappa shape index (κ3) is 6.11. The van der Waals surface area contributed by atoms with Crippen molar-refractivity contribution in [2.75, 3.05) is 13.1 Å². The van der Waals surface area contributed by atoms with Crippen molar-refractivity contribution in [3.05, 3.63) is 0 Å². The largest absolute Gasteiger partial charge is 0.356 e. The minimum atomic E-state index is 0.141. The summed E-state index contributed by atoms with van der Waals surface area (Å²) < 4.78 is 0. The van der Waals surface area contributed by atoms with E-state index in [-0.39, 0.29) is 17.4 Å². The molecule has 1 amide bonds. The number of rotatable bonds is 7. The van der Waals surface area contributed by atoms with E-state index in [1.165, 1.54) is 0 Å². The van der Waals surface area contributed by atoms with Crippen molar-refractivity contribution in [1.29, 1.82) is 0 Å². The molecule has 0 saturated heterocycles. The predicted molar refractivity (Wildman–Crippen MR) is 69.4 cm³/mol. The van der Waals surface area contributed by atoms with Gasteiger partial charge in [-0.1, -0.05) is 34.6 Å². The van der Waals surface area contributed by atoms with Gasteiger partial charge in [0.05, 0.1) is 0 Å². The Morgan fingerprint density at radius 2 is 1.81 bits per heavy atom. The van der Waals surface area contributed by atoms with Crippen molar-refractivity contribution in [3.63, 3.8) is 0 Å². The second kappa shape index (κ2) is 6.89. The molecule has 0 radical (unpaired) electrons. The summed E-state index contributed by atoms with van der Waals surface area (Å²) >= 11 is 0. The molecule has 2 N–H and O–H groups in total. The number of carbonyl (C=O) groups is 1. The Hall–Kier alpha value is -0.570. The van der Waals surface area contributed by atoms with Gasteiger partial charge in [-0.25, -0.2) is 0 Å². The van der Waals surface area contributed by atoms with Crippen LogP contribution in [0.25, 0.3) is 0 Å². The smallest absolute Gasteiger partial charge is 0.221 e. The minimum absolute atomic E-state index is 0.141. The third-order valence-corrected chi connectivity index (χ3v) is 3.35. The Morgan fingerprint density at radius 1 is 1.25 bits per heavy atom. The van der Waals surface area contributed by atoms with E-state index in [2.05, 4.69) is 45.3 Å². The summed E-state index contributed by atoms with van der Waals surface area (Å²) in [5.74, 6) is 0.709. The van der Waals surface area contributed by atoms with Crippen LogP contribution in [0, 0.1) is 11.3 Å². The maximum Gasteiger partial charge on any atom is 0.221 e. The van der Waals surface area contributed by atoms with Crippen LogP contribution >= 0.6 is 0 Å². The molecule has 96 valence electrons. The first-order valence-corrected chi connectivity index (χ1v) is 6.29. The van der Waals surface area contributed by atoms with E-state index in [1.807, 2.05) is 6.92 Å². The lowest BCUT2D eigenvalue weighted by molar-refractivity contribution is -0.122. The van der Waals surface area contributed by atoms with Crippen LogP contribution in [0.5, 0.6) is 0 Å². The standard InChI is InChI=1S/C13H28N2O/c1-7-14-11(4)8-12(16)15-9-13(5,6)10(2)3/h10-11,14H,7-9H2,1-6H3,(H,15,16). The summed E-state index contributed by atoms with van der Waals surface area (Å²) in [5.41, 5.74) is 0.164. The number of hydrogen-bond acceptors (Lipinski definition) is 2. The Kier molecular flexibility index (Phi) is 6.65. The molecule has 1 unspecified atom stereocenters. The molecule has 0 aliphatic carbocycles. The first kappa shape index (κ1) is 15.4. The average molecular weight is 228 g/mol. The molecule has 0 aromatic carbocycles. The first-order valence-electron chi connectivity index (χ1n) is 6.29. The van der Waals surface area contributed by atoms with E-state index in [0.29, 0.717) is 12.3 Å². The zero-order valence-electron chi connectivity index (χ0n) is 11.7. The molecule has 3 heteroatoms. The molecule has 0 heterocycles. The van der Waals surface area contributed by atoms with Crippen molar-refractivity contribution in [3.8, 4) is 0 Å². The lowest BCUT2D eigenvalue weighted by Crippen LogP contribution is -2.39. The van der Waals surface area contributed by atoms with E-state index < -0.39 is 0 Å². The normalized spacial score (nSPS) is 13.9. The van der Waals surface area contributed by atoms with Crippen molar-refractivity contribution >= 4 is 5.91 Å². The van der Waals surface area contributed by atoms with E-state index in [0.717, 1.165) is 13.1 Å². The summed E-state index contributed by atoms with van der Waals surface area (Å²) in [7, 11) is 0. The zero-order chi connectivity index (χ0) is 12.8. The monoisotopic (exact) mass is 228 g/mol. The van der Waals surface area contributed by atoms with Gasteiger partial charge >= 0.3 is 0 Å². The first-order chi connectivity index (χ1) is 7.29. The van der Waals surface area contributed by atoms with Crippen LogP contribution in [-0.4, -0.2) is 25.0 Å². The molecule has 0 bridgehead atoms. The molecule has 0 spiro atoms. The second-order valence-corrected chi connectivity index (χ2v) is 5.58. The van der Waals surface area contributed by atoms with Crippen LogP contribution < -0.4 is 10.6 Å². The number of hydrogen-bond donors (Lipinski definition) is 2. The zero-order valence-corrected chi connectivity index (χ0v) is 11.7. The van der Waals surface area contributed by atoms with E-state index >= 15 is 0 Å². The van der Waals surface area contributed by atoms with Crippen LogP contribution in [0.1, 0.15) is 48.0 Å². The summed E-state index contributed by atoms with van der Waals surface area (Å²) in [6.07, 6.45) is 0.558. The van der Waals surface area contributed by atoms with Gasteiger partial charge in [0.2, 0.25) is 5.91 Å². The van der Waals surface area contributed by atoms with Gasteiger partial charge in [0.1, 0.15) is 0 Å². The molecule has 0 rings (SSSR count). The Balaban J connectivity index is 3.90. The molecule has 0 aromatic heterocycles. The molecule has 1 atom stereocenters. The van der Waals surface area contributed by atoms with E-state index in [1.54, 1.807) is 0 Å². The SMILES string of the molecule is CCNC(C)CC(=O)NCC(C)(C)C(C)C. The lowest BCUT2D eigenvalue weighted by Gasteiger charge is -2.29. The Bertz CT molecular complexity index is 212. The Morgan fingerprint density at radius 3 is 2.25 bits per heavy atom. The topological polar surface area (TPSA) is 41.1 Å². The highest BCUT2D eigenvalue weighted by Gasteiger charge is 2.22. The van der Waals surface area contributed by atoms with Crippen molar-refractivity contribution in [2.45, 2.75) is 54.0 Å². The molecular weight excluding hydrogens is 200 g/mol. The van der Waals surface area contributed by atoms with Crippen LogP contribution in [0.2, 0.25) is 0 Å². The molecular formula is C13H28N2O. The van der Waals surface area contributed by atoms with E-state index in [4.69, 9.17) is 0 Å². The predicted octanol–water partition coefficient (Wildman–Crippen LogP) is 2.17. The van der Waals surface area contributed by atoms with Crippen molar-refractivity contribution in [2.24, 2.45) is 11.3 Å². The fraction of sp³-hybridized carbons (Fsp3) is 0.923. The number of carbonyl (C=O) groups excluding carboxylic acids is 1. The highest BCUT2D eigenvalue weighted by Crippen LogP contribution is 2.24. The van der Waals surface area contributed by atoms with Crippen LogP contribution in [0.15, 0.2) is 0 Å². The molecule has 0 saturated carbocycles. The highest BCUT2D eigenvalue weighted by molar-refractivity contribution is 5.76. The van der Waals surface area contributed by atoms with Gasteiger partial charge in [-0.3, -0.25) is 4.79 Å². The van der Waals surface area contributed by atoms with Crippen LogP contribution in [0.4, 0.5) is 0 Å². The van der Waals surface area contributed by atoms with Gasteiger partial charge in [0, 0.05) is 19.0 Å². The third-order valence-electron chi connectivity index (χ3n) is 3.35.